The third kappa shape index (κ3) is 7.01. The quantitative estimate of drug-likeness (QED) is 0.605. The van der Waals surface area contributed by atoms with Crippen LogP contribution in [0.15, 0.2) is 4.99 Å². The molecule has 1 atom stereocenters. The van der Waals surface area contributed by atoms with E-state index in [1.807, 2.05) is 32.6 Å². The molecule has 0 bridgehead atoms. The molecule has 0 radical (unpaired) electrons. The first-order chi connectivity index (χ1) is 12.7. The second-order valence-corrected chi connectivity index (χ2v) is 9.28. The van der Waals surface area contributed by atoms with E-state index in [1.165, 1.54) is 4.88 Å². The van der Waals surface area contributed by atoms with Crippen molar-refractivity contribution in [2.75, 3.05) is 26.7 Å². The zero-order valence-corrected chi connectivity index (χ0v) is 18.2. The number of thiazole rings is 1. The lowest BCUT2D eigenvalue weighted by atomic mass is 9.98. The maximum Gasteiger partial charge on any atom is 0.410 e. The fraction of sp³-hybridized carbons (Fsp3) is 0.737. The van der Waals surface area contributed by atoms with Crippen molar-refractivity contribution in [1.82, 2.24) is 20.5 Å². The van der Waals surface area contributed by atoms with E-state index in [-0.39, 0.29) is 6.09 Å². The van der Waals surface area contributed by atoms with E-state index in [0.717, 1.165) is 42.6 Å². The number of likely N-dealkylation sites (tertiary alicyclic amines) is 1. The molecule has 27 heavy (non-hydrogen) atoms. The molecule has 0 saturated carbocycles. The maximum atomic E-state index is 12.3. The summed E-state index contributed by atoms with van der Waals surface area (Å²) >= 11 is 1.71. The zero-order valence-electron chi connectivity index (χ0n) is 17.4. The minimum atomic E-state index is -0.458. The smallest absolute Gasteiger partial charge is 0.410 e. The number of carbonyl (C=O) groups excluding carboxylic acids is 1. The van der Waals surface area contributed by atoms with Gasteiger partial charge in [-0.05, 0) is 53.4 Å². The van der Waals surface area contributed by atoms with Crippen molar-refractivity contribution in [3.05, 3.63) is 15.6 Å². The molecular weight excluding hydrogens is 362 g/mol. The van der Waals surface area contributed by atoms with Gasteiger partial charge in [0.1, 0.15) is 10.6 Å². The van der Waals surface area contributed by atoms with Crippen molar-refractivity contribution >= 4 is 23.4 Å². The molecule has 1 saturated heterocycles. The number of piperidine rings is 1. The van der Waals surface area contributed by atoms with Crippen LogP contribution in [0.4, 0.5) is 4.79 Å². The van der Waals surface area contributed by atoms with Gasteiger partial charge in [0.2, 0.25) is 0 Å². The summed E-state index contributed by atoms with van der Waals surface area (Å²) in [4.78, 5) is 24.2. The highest BCUT2D eigenvalue weighted by Gasteiger charge is 2.27. The molecule has 152 valence electrons. The van der Waals surface area contributed by atoms with Gasteiger partial charge in [-0.1, -0.05) is 0 Å². The maximum absolute atomic E-state index is 12.3. The summed E-state index contributed by atoms with van der Waals surface area (Å²) in [5.41, 5.74) is 0.630. The van der Waals surface area contributed by atoms with Crippen molar-refractivity contribution in [2.24, 2.45) is 10.9 Å². The van der Waals surface area contributed by atoms with Crippen LogP contribution in [0.1, 0.15) is 49.2 Å². The summed E-state index contributed by atoms with van der Waals surface area (Å²) in [6.07, 6.45) is 1.87. The second kappa shape index (κ2) is 9.39. The highest BCUT2D eigenvalue weighted by molar-refractivity contribution is 7.11. The van der Waals surface area contributed by atoms with Crippen molar-refractivity contribution in [3.8, 4) is 0 Å². The van der Waals surface area contributed by atoms with Gasteiger partial charge in [-0.2, -0.15) is 0 Å². The number of amides is 1. The number of ether oxygens (including phenoxy) is 1. The summed E-state index contributed by atoms with van der Waals surface area (Å²) in [5, 5.41) is 7.75. The molecule has 8 heteroatoms. The van der Waals surface area contributed by atoms with Crippen LogP contribution in [0.25, 0.3) is 0 Å². The van der Waals surface area contributed by atoms with Crippen LogP contribution < -0.4 is 10.6 Å². The van der Waals surface area contributed by atoms with Gasteiger partial charge in [0, 0.05) is 31.6 Å². The van der Waals surface area contributed by atoms with E-state index in [9.17, 15) is 4.79 Å². The first kappa shape index (κ1) is 21.5. The number of hydrogen-bond donors (Lipinski definition) is 2. The van der Waals surface area contributed by atoms with E-state index in [4.69, 9.17) is 4.74 Å². The van der Waals surface area contributed by atoms with E-state index in [2.05, 4.69) is 27.5 Å². The van der Waals surface area contributed by atoms with Crippen molar-refractivity contribution in [1.29, 1.82) is 0 Å². The third-order valence-corrected chi connectivity index (χ3v) is 5.51. The molecule has 1 aromatic heterocycles. The standard InChI is InChI=1S/C19H33N5O2S/c1-13-14(2)27-16(23-13)11-22-17(20-6)21-10-15-8-7-9-24(12-15)18(25)26-19(3,4)5/h15H,7-12H2,1-6H3,(H2,20,21,22). The average Bonchev–Trinajstić information content (AvgIpc) is 2.92. The first-order valence-electron chi connectivity index (χ1n) is 9.53. The van der Waals surface area contributed by atoms with Gasteiger partial charge in [0.25, 0.3) is 0 Å². The van der Waals surface area contributed by atoms with Crippen molar-refractivity contribution in [2.45, 2.75) is 59.6 Å². The molecule has 1 aromatic rings. The third-order valence-electron chi connectivity index (χ3n) is 4.43. The minimum Gasteiger partial charge on any atom is -0.444 e. The average molecular weight is 396 g/mol. The molecule has 1 unspecified atom stereocenters. The molecule has 0 spiro atoms. The van der Waals surface area contributed by atoms with Crippen molar-refractivity contribution in [3.63, 3.8) is 0 Å². The number of aryl methyl sites for hydroxylation is 2. The Balaban J connectivity index is 1.79. The van der Waals surface area contributed by atoms with E-state index in [0.29, 0.717) is 19.0 Å². The van der Waals surface area contributed by atoms with Crippen LogP contribution >= 0.6 is 11.3 Å². The lowest BCUT2D eigenvalue weighted by Crippen LogP contribution is -2.47. The minimum absolute atomic E-state index is 0.218. The number of guanidine groups is 1. The number of hydrogen-bond acceptors (Lipinski definition) is 5. The van der Waals surface area contributed by atoms with E-state index in [1.54, 1.807) is 18.4 Å². The van der Waals surface area contributed by atoms with Crippen LogP contribution in [-0.2, 0) is 11.3 Å². The number of nitrogens with one attached hydrogen (secondary N) is 2. The normalized spacial score (nSPS) is 18.4. The van der Waals surface area contributed by atoms with Gasteiger partial charge in [0.15, 0.2) is 5.96 Å². The van der Waals surface area contributed by atoms with Gasteiger partial charge in [-0.3, -0.25) is 4.99 Å². The predicted octanol–water partition coefficient (Wildman–Crippen LogP) is 3.07. The number of carbonyl (C=O) groups is 1. The van der Waals surface area contributed by atoms with Crippen molar-refractivity contribution < 1.29 is 9.53 Å². The van der Waals surface area contributed by atoms with Gasteiger partial charge < -0.3 is 20.3 Å². The molecule has 2 rings (SSSR count). The Morgan fingerprint density at radius 3 is 2.70 bits per heavy atom. The van der Waals surface area contributed by atoms with E-state index >= 15 is 0 Å². The summed E-state index contributed by atoms with van der Waals surface area (Å²) in [5.74, 6) is 1.14. The molecule has 1 aliphatic heterocycles. The summed E-state index contributed by atoms with van der Waals surface area (Å²) in [6.45, 7) is 12.7. The van der Waals surface area contributed by atoms with Crippen LogP contribution in [0.3, 0.4) is 0 Å². The van der Waals surface area contributed by atoms with Gasteiger partial charge in [0.05, 0.1) is 12.2 Å². The Labute approximate surface area is 166 Å². The van der Waals surface area contributed by atoms with Gasteiger partial charge in [-0.25, -0.2) is 9.78 Å². The largest absolute Gasteiger partial charge is 0.444 e. The fourth-order valence-electron chi connectivity index (χ4n) is 2.96. The summed E-state index contributed by atoms with van der Waals surface area (Å²) in [7, 11) is 1.77. The summed E-state index contributed by atoms with van der Waals surface area (Å²) < 4.78 is 5.50. The predicted molar refractivity (Wildman–Crippen MR) is 110 cm³/mol. The number of aliphatic imine (C=N–C) groups is 1. The Hall–Kier alpha value is -1.83. The molecule has 0 aliphatic carbocycles. The first-order valence-corrected chi connectivity index (χ1v) is 10.3. The van der Waals surface area contributed by atoms with Crippen LogP contribution in [-0.4, -0.2) is 54.2 Å². The lowest BCUT2D eigenvalue weighted by Gasteiger charge is -2.34. The molecule has 1 fully saturated rings. The highest BCUT2D eigenvalue weighted by Crippen LogP contribution is 2.19. The van der Waals surface area contributed by atoms with Crippen LogP contribution in [0, 0.1) is 19.8 Å². The SMILES string of the molecule is CN=C(NCc1nc(C)c(C)s1)NCC1CCCN(C(=O)OC(C)(C)C)C1. The molecule has 7 nitrogen and oxygen atoms in total. The molecule has 2 heterocycles. The molecule has 1 amide bonds. The summed E-state index contributed by atoms with van der Waals surface area (Å²) in [6, 6.07) is 0. The monoisotopic (exact) mass is 395 g/mol. The molecule has 0 aromatic carbocycles. The Morgan fingerprint density at radius 2 is 2.11 bits per heavy atom. The number of aromatic nitrogens is 1. The van der Waals surface area contributed by atoms with E-state index < -0.39 is 5.60 Å². The van der Waals surface area contributed by atoms with Gasteiger partial charge >= 0.3 is 6.09 Å². The Morgan fingerprint density at radius 1 is 1.37 bits per heavy atom. The van der Waals surface area contributed by atoms with Crippen LogP contribution in [0.5, 0.6) is 0 Å². The lowest BCUT2D eigenvalue weighted by molar-refractivity contribution is 0.0168. The molecule has 1 aliphatic rings. The number of rotatable bonds is 4. The number of nitrogens with zero attached hydrogens (tertiary/aromatic N) is 3. The highest BCUT2D eigenvalue weighted by atomic mass is 32.1. The zero-order chi connectivity index (χ0) is 20.0. The van der Waals surface area contributed by atoms with Crippen LogP contribution in [0.2, 0.25) is 0 Å². The topological polar surface area (TPSA) is 78.9 Å². The second-order valence-electron chi connectivity index (χ2n) is 7.99. The molecule has 2 N–H and O–H groups in total. The Kier molecular flexibility index (Phi) is 7.47. The fourth-order valence-corrected chi connectivity index (χ4v) is 3.83. The Bertz CT molecular complexity index is 646. The molecular formula is C19H33N5O2S. The van der Waals surface area contributed by atoms with Gasteiger partial charge in [-0.15, -0.1) is 11.3 Å².